The molecule has 2 aromatic rings. The van der Waals surface area contributed by atoms with Crippen molar-refractivity contribution in [2.45, 2.75) is 11.8 Å². The zero-order chi connectivity index (χ0) is 15.2. The Kier molecular flexibility index (Phi) is 3.27. The van der Waals surface area contributed by atoms with Gasteiger partial charge in [-0.3, -0.25) is 9.59 Å². The van der Waals surface area contributed by atoms with Crippen molar-refractivity contribution in [3.05, 3.63) is 64.2 Å². The summed E-state index contributed by atoms with van der Waals surface area (Å²) in [7, 11) is 0. The Hall–Kier alpha value is -1.84. The standard InChI is InChI=1S/C16H11Cl2NO2/c1-9-2-4-10(5-3-9)16(18)14(20)12-8-11(17)6-7-13(12)19-15(16)21/h2-8H,1H3,(H,19,21). The number of amides is 1. The van der Waals surface area contributed by atoms with Crippen molar-refractivity contribution in [2.75, 3.05) is 5.32 Å². The van der Waals surface area contributed by atoms with E-state index in [4.69, 9.17) is 23.2 Å². The lowest BCUT2D eigenvalue weighted by atomic mass is 9.85. The molecule has 1 aliphatic heterocycles. The first-order valence-corrected chi connectivity index (χ1v) is 7.10. The average molecular weight is 320 g/mol. The van der Waals surface area contributed by atoms with Crippen molar-refractivity contribution in [2.24, 2.45) is 0 Å². The molecule has 1 aliphatic rings. The fourth-order valence-corrected chi connectivity index (χ4v) is 2.80. The zero-order valence-corrected chi connectivity index (χ0v) is 12.6. The number of rotatable bonds is 1. The van der Waals surface area contributed by atoms with Crippen LogP contribution < -0.4 is 5.32 Å². The maximum Gasteiger partial charge on any atom is 0.258 e. The van der Waals surface area contributed by atoms with Crippen LogP contribution in [0.3, 0.4) is 0 Å². The zero-order valence-electron chi connectivity index (χ0n) is 11.1. The Labute approximate surface area is 131 Å². The molecule has 1 unspecified atom stereocenters. The molecule has 1 N–H and O–H groups in total. The Morgan fingerprint density at radius 1 is 1.05 bits per heavy atom. The maximum atomic E-state index is 12.7. The third-order valence-electron chi connectivity index (χ3n) is 3.55. The first kappa shape index (κ1) is 14.1. The highest BCUT2D eigenvalue weighted by Gasteiger charge is 2.49. The Balaban J connectivity index is 2.17. The number of nitrogens with one attached hydrogen (secondary N) is 1. The molecule has 0 bridgehead atoms. The van der Waals surface area contributed by atoms with E-state index in [0.29, 0.717) is 21.8 Å². The van der Waals surface area contributed by atoms with Gasteiger partial charge in [-0.25, -0.2) is 0 Å². The molecule has 3 rings (SSSR count). The van der Waals surface area contributed by atoms with Crippen LogP contribution in [0, 0.1) is 6.92 Å². The van der Waals surface area contributed by atoms with E-state index in [2.05, 4.69) is 5.32 Å². The molecule has 0 saturated carbocycles. The monoisotopic (exact) mass is 319 g/mol. The van der Waals surface area contributed by atoms with Crippen LogP contribution in [0.2, 0.25) is 5.02 Å². The molecule has 5 heteroatoms. The maximum absolute atomic E-state index is 12.7. The molecule has 0 radical (unpaired) electrons. The number of fused-ring (bicyclic) bond motifs is 1. The largest absolute Gasteiger partial charge is 0.323 e. The molecular formula is C16H11Cl2NO2. The Morgan fingerprint density at radius 3 is 2.38 bits per heavy atom. The molecule has 0 aliphatic carbocycles. The van der Waals surface area contributed by atoms with E-state index in [0.717, 1.165) is 5.56 Å². The molecule has 106 valence electrons. The molecule has 0 spiro atoms. The highest BCUT2D eigenvalue weighted by atomic mass is 35.5. The fraction of sp³-hybridized carbons (Fsp3) is 0.125. The van der Waals surface area contributed by atoms with Crippen molar-refractivity contribution in [1.29, 1.82) is 0 Å². The summed E-state index contributed by atoms with van der Waals surface area (Å²) < 4.78 is 0. The van der Waals surface area contributed by atoms with Crippen molar-refractivity contribution < 1.29 is 9.59 Å². The summed E-state index contributed by atoms with van der Waals surface area (Å²) in [5.74, 6) is -1.01. The van der Waals surface area contributed by atoms with Gasteiger partial charge >= 0.3 is 0 Å². The number of hydrogen-bond acceptors (Lipinski definition) is 2. The molecule has 0 saturated heterocycles. The van der Waals surface area contributed by atoms with Gasteiger partial charge in [0.25, 0.3) is 5.91 Å². The van der Waals surface area contributed by atoms with Gasteiger partial charge in [-0.05, 0) is 30.7 Å². The molecule has 3 nitrogen and oxygen atoms in total. The van der Waals surface area contributed by atoms with Crippen LogP contribution in [-0.4, -0.2) is 11.7 Å². The number of anilines is 1. The molecule has 0 aromatic heterocycles. The first-order chi connectivity index (χ1) is 9.92. The molecule has 0 fully saturated rings. The van der Waals surface area contributed by atoms with E-state index in [-0.39, 0.29) is 0 Å². The van der Waals surface area contributed by atoms with Crippen LogP contribution in [0.5, 0.6) is 0 Å². The number of ketones is 1. The van der Waals surface area contributed by atoms with E-state index in [1.54, 1.807) is 24.3 Å². The number of carbonyl (C=O) groups excluding carboxylic acids is 2. The third-order valence-corrected chi connectivity index (χ3v) is 4.35. The topological polar surface area (TPSA) is 46.2 Å². The van der Waals surface area contributed by atoms with Gasteiger partial charge in [0.2, 0.25) is 4.87 Å². The molecule has 1 heterocycles. The smallest absolute Gasteiger partial charge is 0.258 e. The minimum atomic E-state index is -1.76. The summed E-state index contributed by atoms with van der Waals surface area (Å²) >= 11 is 12.4. The summed E-state index contributed by atoms with van der Waals surface area (Å²) in [6, 6.07) is 11.7. The highest BCUT2D eigenvalue weighted by Crippen LogP contribution is 2.40. The van der Waals surface area contributed by atoms with E-state index in [9.17, 15) is 9.59 Å². The van der Waals surface area contributed by atoms with Crippen molar-refractivity contribution in [3.63, 3.8) is 0 Å². The van der Waals surface area contributed by atoms with Crippen molar-refractivity contribution in [3.8, 4) is 0 Å². The summed E-state index contributed by atoms with van der Waals surface area (Å²) in [4.78, 5) is 23.3. The van der Waals surface area contributed by atoms with Gasteiger partial charge in [0.05, 0.1) is 5.69 Å². The van der Waals surface area contributed by atoms with Crippen LogP contribution >= 0.6 is 23.2 Å². The third kappa shape index (κ3) is 2.13. The lowest BCUT2D eigenvalue weighted by molar-refractivity contribution is -0.117. The van der Waals surface area contributed by atoms with Gasteiger partial charge in [-0.2, -0.15) is 0 Å². The van der Waals surface area contributed by atoms with Gasteiger partial charge in [0.1, 0.15) is 0 Å². The SMILES string of the molecule is Cc1ccc(C2(Cl)C(=O)Nc3ccc(Cl)cc3C2=O)cc1. The van der Waals surface area contributed by atoms with Crippen LogP contribution in [0.4, 0.5) is 5.69 Å². The normalized spacial score (nSPS) is 20.9. The minimum Gasteiger partial charge on any atom is -0.323 e. The van der Waals surface area contributed by atoms with E-state index >= 15 is 0 Å². The van der Waals surface area contributed by atoms with E-state index in [1.165, 1.54) is 6.07 Å². The molecule has 21 heavy (non-hydrogen) atoms. The van der Waals surface area contributed by atoms with E-state index in [1.807, 2.05) is 19.1 Å². The second-order valence-corrected chi connectivity index (χ2v) is 6.00. The first-order valence-electron chi connectivity index (χ1n) is 6.35. The number of Topliss-reactive ketones (excluding diaryl/α,β-unsaturated/α-hetero) is 1. The molecular weight excluding hydrogens is 309 g/mol. The van der Waals surface area contributed by atoms with Crippen molar-refractivity contribution >= 4 is 40.6 Å². The average Bonchev–Trinajstić information content (AvgIpc) is 2.47. The number of benzene rings is 2. The van der Waals surface area contributed by atoms with Crippen LogP contribution in [0.15, 0.2) is 42.5 Å². The van der Waals surface area contributed by atoms with Gasteiger partial charge in [0, 0.05) is 10.6 Å². The lowest BCUT2D eigenvalue weighted by Crippen LogP contribution is -2.46. The van der Waals surface area contributed by atoms with Crippen LogP contribution in [0.1, 0.15) is 21.5 Å². The quantitative estimate of drug-likeness (QED) is 0.639. The van der Waals surface area contributed by atoms with Crippen molar-refractivity contribution in [1.82, 2.24) is 0 Å². The summed E-state index contributed by atoms with van der Waals surface area (Å²) in [5.41, 5.74) is 2.21. The summed E-state index contributed by atoms with van der Waals surface area (Å²) in [6.07, 6.45) is 0. The molecule has 1 amide bonds. The van der Waals surface area contributed by atoms with Gasteiger partial charge in [0.15, 0.2) is 5.78 Å². The fourth-order valence-electron chi connectivity index (χ4n) is 2.36. The number of aryl methyl sites for hydroxylation is 1. The number of carbonyl (C=O) groups is 2. The predicted octanol–water partition coefficient (Wildman–Crippen LogP) is 3.92. The van der Waals surface area contributed by atoms with Crippen LogP contribution in [-0.2, 0) is 9.67 Å². The molecule has 1 atom stereocenters. The second kappa shape index (κ2) is 4.86. The predicted molar refractivity (Wildman–Crippen MR) is 83.1 cm³/mol. The van der Waals surface area contributed by atoms with Crippen LogP contribution in [0.25, 0.3) is 0 Å². The van der Waals surface area contributed by atoms with E-state index < -0.39 is 16.6 Å². The number of halogens is 2. The van der Waals surface area contributed by atoms with Gasteiger partial charge in [-0.15, -0.1) is 0 Å². The highest BCUT2D eigenvalue weighted by molar-refractivity contribution is 6.51. The van der Waals surface area contributed by atoms with Gasteiger partial charge in [-0.1, -0.05) is 53.0 Å². The lowest BCUT2D eigenvalue weighted by Gasteiger charge is -2.30. The Bertz CT molecular complexity index is 755. The number of hydrogen-bond donors (Lipinski definition) is 1. The van der Waals surface area contributed by atoms with Gasteiger partial charge < -0.3 is 5.32 Å². The minimum absolute atomic E-state index is 0.317. The summed E-state index contributed by atoms with van der Waals surface area (Å²) in [6.45, 7) is 1.92. The second-order valence-electron chi connectivity index (χ2n) is 5.00. The Morgan fingerprint density at radius 2 is 1.71 bits per heavy atom. The molecule has 2 aromatic carbocycles. The number of alkyl halides is 1. The summed E-state index contributed by atoms with van der Waals surface area (Å²) in [5, 5.41) is 3.09.